The van der Waals surface area contributed by atoms with E-state index in [9.17, 15) is 0 Å². The van der Waals surface area contributed by atoms with Gasteiger partial charge in [-0.05, 0) is 36.5 Å². The van der Waals surface area contributed by atoms with E-state index in [-0.39, 0.29) is 0 Å². The molecule has 1 aliphatic heterocycles. The van der Waals surface area contributed by atoms with Crippen LogP contribution in [0.15, 0.2) is 36.4 Å². The van der Waals surface area contributed by atoms with E-state index in [1.807, 2.05) is 0 Å². The minimum Gasteiger partial charge on any atom is -0.353 e. The van der Waals surface area contributed by atoms with E-state index in [0.29, 0.717) is 0 Å². The third-order valence-corrected chi connectivity index (χ3v) is 4.75. The zero-order chi connectivity index (χ0) is 14.8. The number of anilines is 1. The van der Waals surface area contributed by atoms with E-state index >= 15 is 0 Å². The van der Waals surface area contributed by atoms with Gasteiger partial charge >= 0.3 is 0 Å². The fraction of sp³-hybridized carbons (Fsp3) is 0.444. The Bertz CT molecular complexity index is 633. The van der Waals surface area contributed by atoms with Crippen LogP contribution in [-0.2, 0) is 19.4 Å². The largest absolute Gasteiger partial charge is 0.353 e. The van der Waals surface area contributed by atoms with Crippen molar-refractivity contribution in [2.24, 2.45) is 0 Å². The molecular formula is C18H22N4. The Kier molecular flexibility index (Phi) is 3.77. The number of piperazine rings is 1. The van der Waals surface area contributed by atoms with Crippen molar-refractivity contribution < 1.29 is 0 Å². The van der Waals surface area contributed by atoms with Gasteiger partial charge in [0, 0.05) is 32.7 Å². The highest BCUT2D eigenvalue weighted by Gasteiger charge is 2.20. The van der Waals surface area contributed by atoms with E-state index in [1.165, 1.54) is 29.7 Å². The fourth-order valence-electron chi connectivity index (χ4n) is 3.45. The lowest BCUT2D eigenvalue weighted by molar-refractivity contribution is 0.249. The number of hydrogen-bond acceptors (Lipinski definition) is 4. The molecule has 0 amide bonds. The Morgan fingerprint density at radius 3 is 2.55 bits per heavy atom. The highest BCUT2D eigenvalue weighted by molar-refractivity contribution is 5.43. The third kappa shape index (κ3) is 2.83. The normalized spacial score (nSPS) is 18.5. The van der Waals surface area contributed by atoms with Gasteiger partial charge < -0.3 is 4.90 Å². The van der Waals surface area contributed by atoms with Gasteiger partial charge in [-0.3, -0.25) is 4.90 Å². The second-order valence-electron chi connectivity index (χ2n) is 6.28. The number of hydrogen-bond donors (Lipinski definition) is 0. The molecule has 0 N–H and O–H groups in total. The van der Waals surface area contributed by atoms with Crippen molar-refractivity contribution in [2.45, 2.75) is 25.8 Å². The molecule has 0 spiro atoms. The number of fused-ring (bicyclic) bond motifs is 1. The Morgan fingerprint density at radius 2 is 1.73 bits per heavy atom. The standard InChI is InChI=1S/C18H22N4/c1-2-5-15(6-3-1)14-21-9-11-22(12-10-21)18-13-16-7-4-8-17(16)19-20-18/h1-3,5-6,13H,4,7-12,14H2. The summed E-state index contributed by atoms with van der Waals surface area (Å²) >= 11 is 0. The minimum absolute atomic E-state index is 1.04. The number of aryl methyl sites for hydroxylation is 2. The van der Waals surface area contributed by atoms with Gasteiger partial charge in [0.1, 0.15) is 0 Å². The molecule has 2 heterocycles. The molecule has 0 unspecified atom stereocenters. The van der Waals surface area contributed by atoms with Crippen molar-refractivity contribution in [3.05, 3.63) is 53.2 Å². The maximum absolute atomic E-state index is 4.44. The number of benzene rings is 1. The summed E-state index contributed by atoms with van der Waals surface area (Å²) < 4.78 is 0. The number of rotatable bonds is 3. The summed E-state index contributed by atoms with van der Waals surface area (Å²) in [7, 11) is 0. The molecule has 1 saturated heterocycles. The van der Waals surface area contributed by atoms with Crippen LogP contribution in [0.25, 0.3) is 0 Å². The van der Waals surface area contributed by atoms with Gasteiger partial charge in [-0.15, -0.1) is 5.10 Å². The summed E-state index contributed by atoms with van der Waals surface area (Å²) in [6, 6.07) is 13.0. The monoisotopic (exact) mass is 294 g/mol. The summed E-state index contributed by atoms with van der Waals surface area (Å²) in [5.41, 5.74) is 4.02. The number of nitrogens with zero attached hydrogens (tertiary/aromatic N) is 4. The summed E-state index contributed by atoms with van der Waals surface area (Å²) in [4.78, 5) is 4.90. The summed E-state index contributed by atoms with van der Waals surface area (Å²) in [6.07, 6.45) is 3.51. The van der Waals surface area contributed by atoms with E-state index in [4.69, 9.17) is 0 Å². The fourth-order valence-corrected chi connectivity index (χ4v) is 3.45. The van der Waals surface area contributed by atoms with Crippen LogP contribution in [0.2, 0.25) is 0 Å². The Labute approximate surface area is 131 Å². The van der Waals surface area contributed by atoms with Crippen molar-refractivity contribution in [3.8, 4) is 0 Å². The maximum atomic E-state index is 4.44. The van der Waals surface area contributed by atoms with Crippen LogP contribution in [0.1, 0.15) is 23.2 Å². The third-order valence-electron chi connectivity index (χ3n) is 4.75. The average molecular weight is 294 g/mol. The quantitative estimate of drug-likeness (QED) is 0.869. The zero-order valence-electron chi connectivity index (χ0n) is 12.9. The van der Waals surface area contributed by atoms with Crippen LogP contribution in [0.4, 0.5) is 5.82 Å². The van der Waals surface area contributed by atoms with Gasteiger partial charge in [-0.25, -0.2) is 0 Å². The van der Waals surface area contributed by atoms with Gasteiger partial charge in [-0.2, -0.15) is 5.10 Å². The van der Waals surface area contributed by atoms with E-state index < -0.39 is 0 Å². The average Bonchev–Trinajstić information content (AvgIpc) is 3.04. The second kappa shape index (κ2) is 6.05. The summed E-state index contributed by atoms with van der Waals surface area (Å²) in [5, 5.41) is 8.86. The van der Waals surface area contributed by atoms with E-state index in [0.717, 1.165) is 45.0 Å². The molecule has 0 bridgehead atoms. The van der Waals surface area contributed by atoms with Crippen LogP contribution >= 0.6 is 0 Å². The van der Waals surface area contributed by atoms with Gasteiger partial charge in [-0.1, -0.05) is 30.3 Å². The topological polar surface area (TPSA) is 32.3 Å². The van der Waals surface area contributed by atoms with Crippen molar-refractivity contribution in [3.63, 3.8) is 0 Å². The highest BCUT2D eigenvalue weighted by Crippen LogP contribution is 2.23. The smallest absolute Gasteiger partial charge is 0.151 e. The Balaban J connectivity index is 1.37. The first-order valence-electron chi connectivity index (χ1n) is 8.25. The molecular weight excluding hydrogens is 272 g/mol. The number of aromatic nitrogens is 2. The molecule has 0 saturated carbocycles. The van der Waals surface area contributed by atoms with Crippen LogP contribution in [-0.4, -0.2) is 41.3 Å². The lowest BCUT2D eigenvalue weighted by Crippen LogP contribution is -2.46. The first-order chi connectivity index (χ1) is 10.9. The molecule has 4 nitrogen and oxygen atoms in total. The van der Waals surface area contributed by atoms with E-state index in [2.05, 4.69) is 56.4 Å². The minimum atomic E-state index is 1.04. The van der Waals surface area contributed by atoms with Crippen molar-refractivity contribution in [1.82, 2.24) is 15.1 Å². The predicted molar refractivity (Wildman–Crippen MR) is 88.0 cm³/mol. The van der Waals surface area contributed by atoms with Gasteiger partial charge in [0.2, 0.25) is 0 Å². The molecule has 2 aliphatic rings. The molecule has 1 aromatic carbocycles. The zero-order valence-corrected chi connectivity index (χ0v) is 12.9. The molecule has 0 radical (unpaired) electrons. The van der Waals surface area contributed by atoms with Crippen LogP contribution in [0.3, 0.4) is 0 Å². The maximum Gasteiger partial charge on any atom is 0.151 e. The van der Waals surface area contributed by atoms with Crippen molar-refractivity contribution in [2.75, 3.05) is 31.1 Å². The summed E-state index contributed by atoms with van der Waals surface area (Å²) in [5.74, 6) is 1.07. The van der Waals surface area contributed by atoms with Crippen LogP contribution in [0, 0.1) is 0 Å². The lowest BCUT2D eigenvalue weighted by atomic mass is 10.2. The molecule has 114 valence electrons. The van der Waals surface area contributed by atoms with Crippen molar-refractivity contribution >= 4 is 5.82 Å². The molecule has 0 atom stereocenters. The molecule has 2 aromatic rings. The molecule has 1 aliphatic carbocycles. The Morgan fingerprint density at radius 1 is 0.909 bits per heavy atom. The molecule has 1 fully saturated rings. The molecule has 4 heteroatoms. The first-order valence-corrected chi connectivity index (χ1v) is 8.25. The first kappa shape index (κ1) is 13.7. The predicted octanol–water partition coefficient (Wildman–Crippen LogP) is 2.29. The molecule has 4 rings (SSSR count). The van der Waals surface area contributed by atoms with Crippen LogP contribution < -0.4 is 4.90 Å². The summed E-state index contributed by atoms with van der Waals surface area (Å²) in [6.45, 7) is 5.31. The SMILES string of the molecule is c1ccc(CN2CCN(c3cc4c(nn3)CCC4)CC2)cc1. The molecule has 1 aromatic heterocycles. The van der Waals surface area contributed by atoms with Gasteiger partial charge in [0.25, 0.3) is 0 Å². The highest BCUT2D eigenvalue weighted by atomic mass is 15.3. The van der Waals surface area contributed by atoms with Crippen LogP contribution in [0.5, 0.6) is 0 Å². The lowest BCUT2D eigenvalue weighted by Gasteiger charge is -2.35. The second-order valence-corrected chi connectivity index (χ2v) is 6.28. The van der Waals surface area contributed by atoms with Crippen molar-refractivity contribution in [1.29, 1.82) is 0 Å². The Hall–Kier alpha value is -1.94. The molecule has 22 heavy (non-hydrogen) atoms. The van der Waals surface area contributed by atoms with Gasteiger partial charge in [0.05, 0.1) is 5.69 Å². The van der Waals surface area contributed by atoms with Gasteiger partial charge in [0.15, 0.2) is 5.82 Å². The van der Waals surface area contributed by atoms with E-state index in [1.54, 1.807) is 0 Å².